The van der Waals surface area contributed by atoms with Crippen molar-refractivity contribution in [2.24, 2.45) is 0 Å². The molecule has 0 fully saturated rings. The lowest BCUT2D eigenvalue weighted by molar-refractivity contribution is -0.137. The van der Waals surface area contributed by atoms with Crippen LogP contribution < -0.4 is 5.32 Å². The minimum absolute atomic E-state index is 0.0613. The van der Waals surface area contributed by atoms with Crippen LogP contribution in [0.4, 0.5) is 19.0 Å². The second-order valence-corrected chi connectivity index (χ2v) is 6.79. The number of thioether (sulfide) groups is 1. The summed E-state index contributed by atoms with van der Waals surface area (Å²) in [4.78, 5) is 25.2. The van der Waals surface area contributed by atoms with Gasteiger partial charge in [0.05, 0.1) is 17.1 Å². The van der Waals surface area contributed by atoms with Crippen LogP contribution in [0.15, 0.2) is 34.9 Å². The quantitative estimate of drug-likeness (QED) is 0.770. The van der Waals surface area contributed by atoms with Gasteiger partial charge in [-0.15, -0.1) is 11.8 Å². The van der Waals surface area contributed by atoms with Crippen LogP contribution in [0.2, 0.25) is 0 Å². The van der Waals surface area contributed by atoms with E-state index in [2.05, 4.69) is 10.5 Å². The Morgan fingerprint density at radius 2 is 1.89 bits per heavy atom. The molecule has 1 aromatic heterocycles. The zero-order chi connectivity index (χ0) is 20.0. The molecular formula is C17H18F3N3O3S. The van der Waals surface area contributed by atoms with Gasteiger partial charge in [-0.05, 0) is 24.6 Å². The molecule has 0 atom stereocenters. The van der Waals surface area contributed by atoms with Gasteiger partial charge >= 0.3 is 6.18 Å². The summed E-state index contributed by atoms with van der Waals surface area (Å²) < 4.78 is 42.5. The minimum atomic E-state index is -4.39. The molecule has 0 bridgehead atoms. The molecule has 146 valence electrons. The lowest BCUT2D eigenvalue weighted by atomic mass is 10.1. The van der Waals surface area contributed by atoms with Crippen LogP contribution in [0.3, 0.4) is 0 Å². The molecule has 0 spiro atoms. The monoisotopic (exact) mass is 401 g/mol. The highest BCUT2D eigenvalue weighted by molar-refractivity contribution is 8.00. The molecule has 6 nitrogen and oxygen atoms in total. The van der Waals surface area contributed by atoms with Gasteiger partial charge in [-0.2, -0.15) is 13.2 Å². The topological polar surface area (TPSA) is 75.4 Å². The first kappa shape index (κ1) is 20.8. The molecule has 1 heterocycles. The van der Waals surface area contributed by atoms with Gasteiger partial charge in [0.25, 0.3) is 0 Å². The maximum Gasteiger partial charge on any atom is 0.416 e. The highest BCUT2D eigenvalue weighted by atomic mass is 32.2. The van der Waals surface area contributed by atoms with Crippen molar-refractivity contribution in [1.82, 2.24) is 10.1 Å². The molecule has 2 aromatic rings. The first-order chi connectivity index (χ1) is 12.6. The van der Waals surface area contributed by atoms with Crippen molar-refractivity contribution in [2.75, 3.05) is 23.9 Å². The second kappa shape index (κ2) is 8.94. The Balaban J connectivity index is 1.74. The molecule has 10 heteroatoms. The highest BCUT2D eigenvalue weighted by Crippen LogP contribution is 2.29. The molecule has 2 rings (SSSR count). The maximum absolute atomic E-state index is 12.5. The Bertz CT molecular complexity index is 791. The summed E-state index contributed by atoms with van der Waals surface area (Å²) in [6, 6.07) is 6.22. The van der Waals surface area contributed by atoms with Crippen LogP contribution in [-0.4, -0.2) is 40.4 Å². The summed E-state index contributed by atoms with van der Waals surface area (Å²) in [6.07, 6.45) is -4.39. The van der Waals surface area contributed by atoms with Crippen LogP contribution in [-0.2, 0) is 22.3 Å². The Labute approximate surface area is 158 Å². The summed E-state index contributed by atoms with van der Waals surface area (Å²) in [5.41, 5.74) is -0.146. The van der Waals surface area contributed by atoms with E-state index in [0.29, 0.717) is 17.1 Å². The summed E-state index contributed by atoms with van der Waals surface area (Å²) in [5.74, 6) is 0.465. The number of alkyl halides is 3. The number of hydrogen-bond donors (Lipinski definition) is 1. The van der Waals surface area contributed by atoms with Gasteiger partial charge in [-0.1, -0.05) is 17.3 Å². The number of nitrogens with zero attached hydrogens (tertiary/aromatic N) is 2. The average Bonchev–Trinajstić information content (AvgIpc) is 2.99. The third-order valence-electron chi connectivity index (χ3n) is 3.48. The van der Waals surface area contributed by atoms with E-state index in [4.69, 9.17) is 4.52 Å². The van der Waals surface area contributed by atoms with E-state index in [1.54, 1.807) is 20.0 Å². The first-order valence-electron chi connectivity index (χ1n) is 7.86. The molecule has 27 heavy (non-hydrogen) atoms. The fraction of sp³-hybridized carbons (Fsp3) is 0.353. The number of aryl methyl sites for hydroxylation is 1. The van der Waals surface area contributed by atoms with Gasteiger partial charge in [0, 0.05) is 19.7 Å². The van der Waals surface area contributed by atoms with E-state index in [9.17, 15) is 22.8 Å². The van der Waals surface area contributed by atoms with Crippen LogP contribution in [0, 0.1) is 6.92 Å². The SMILES string of the molecule is Cc1cc(NC(=O)CSCC(=O)N(C)Cc2ccc(C(F)(F)F)cc2)no1. The zero-order valence-corrected chi connectivity index (χ0v) is 15.5. The molecule has 1 N–H and O–H groups in total. The fourth-order valence-corrected chi connectivity index (χ4v) is 2.86. The Kier molecular flexibility index (Phi) is 6.89. The lowest BCUT2D eigenvalue weighted by Crippen LogP contribution is -2.28. The number of carbonyl (C=O) groups excluding carboxylic acids is 2. The van der Waals surface area contributed by atoms with E-state index in [0.717, 1.165) is 23.9 Å². The third-order valence-corrected chi connectivity index (χ3v) is 4.40. The molecule has 0 unspecified atom stereocenters. The zero-order valence-electron chi connectivity index (χ0n) is 14.7. The van der Waals surface area contributed by atoms with Crippen molar-refractivity contribution in [3.05, 3.63) is 47.2 Å². The summed E-state index contributed by atoms with van der Waals surface area (Å²) >= 11 is 1.13. The van der Waals surface area contributed by atoms with Crippen molar-refractivity contribution in [2.45, 2.75) is 19.6 Å². The van der Waals surface area contributed by atoms with E-state index in [1.807, 2.05) is 0 Å². The summed E-state index contributed by atoms with van der Waals surface area (Å²) in [6.45, 7) is 1.88. The lowest BCUT2D eigenvalue weighted by Gasteiger charge is -2.17. The van der Waals surface area contributed by atoms with Gasteiger partial charge in [0.1, 0.15) is 5.76 Å². The van der Waals surface area contributed by atoms with E-state index in [-0.39, 0.29) is 29.9 Å². The number of hydrogen-bond acceptors (Lipinski definition) is 5. The van der Waals surface area contributed by atoms with Crippen molar-refractivity contribution < 1.29 is 27.3 Å². The molecule has 0 radical (unpaired) electrons. The predicted octanol–water partition coefficient (Wildman–Crippen LogP) is 3.33. The molecule has 1 aromatic carbocycles. The van der Waals surface area contributed by atoms with Crippen LogP contribution in [0.5, 0.6) is 0 Å². The number of halogens is 3. The average molecular weight is 401 g/mol. The maximum atomic E-state index is 12.5. The smallest absolute Gasteiger partial charge is 0.360 e. The van der Waals surface area contributed by atoms with E-state index < -0.39 is 11.7 Å². The molecule has 2 amide bonds. The molecular weight excluding hydrogens is 383 g/mol. The van der Waals surface area contributed by atoms with E-state index >= 15 is 0 Å². The van der Waals surface area contributed by atoms with Crippen LogP contribution >= 0.6 is 11.8 Å². The molecule has 0 saturated carbocycles. The third kappa shape index (κ3) is 6.63. The Hall–Kier alpha value is -2.49. The Morgan fingerprint density at radius 3 is 2.44 bits per heavy atom. The standard InChI is InChI=1S/C17H18F3N3O3S/c1-11-7-14(22-26-11)21-15(24)9-27-10-16(25)23(2)8-12-3-5-13(6-4-12)17(18,19)20/h3-7H,8-10H2,1-2H3,(H,21,22,24). The predicted molar refractivity (Wildman–Crippen MR) is 95.1 cm³/mol. The Morgan fingerprint density at radius 1 is 1.22 bits per heavy atom. The highest BCUT2D eigenvalue weighted by Gasteiger charge is 2.29. The molecule has 0 aliphatic carbocycles. The number of rotatable bonds is 7. The first-order valence-corrected chi connectivity index (χ1v) is 9.01. The summed E-state index contributed by atoms with van der Waals surface area (Å²) in [5, 5.41) is 6.18. The van der Waals surface area contributed by atoms with Crippen molar-refractivity contribution >= 4 is 29.4 Å². The molecule has 0 aliphatic heterocycles. The van der Waals surface area contributed by atoms with Crippen molar-refractivity contribution in [3.8, 4) is 0 Å². The van der Waals surface area contributed by atoms with Gasteiger partial charge in [-0.3, -0.25) is 9.59 Å². The number of carbonyl (C=O) groups is 2. The normalized spacial score (nSPS) is 11.3. The number of anilines is 1. The van der Waals surface area contributed by atoms with Crippen LogP contribution in [0.1, 0.15) is 16.9 Å². The van der Waals surface area contributed by atoms with Gasteiger partial charge in [0.2, 0.25) is 11.8 Å². The van der Waals surface area contributed by atoms with Gasteiger partial charge < -0.3 is 14.7 Å². The minimum Gasteiger partial charge on any atom is -0.360 e. The van der Waals surface area contributed by atoms with Crippen LogP contribution in [0.25, 0.3) is 0 Å². The fourth-order valence-electron chi connectivity index (χ4n) is 2.11. The van der Waals surface area contributed by atoms with E-state index in [1.165, 1.54) is 17.0 Å². The number of amides is 2. The molecule has 0 saturated heterocycles. The van der Waals surface area contributed by atoms with Gasteiger partial charge in [-0.25, -0.2) is 0 Å². The second-order valence-electron chi connectivity index (χ2n) is 5.81. The number of nitrogens with one attached hydrogen (secondary N) is 1. The van der Waals surface area contributed by atoms with Crippen molar-refractivity contribution in [1.29, 1.82) is 0 Å². The summed E-state index contributed by atoms with van der Waals surface area (Å²) in [7, 11) is 1.55. The van der Waals surface area contributed by atoms with Crippen molar-refractivity contribution in [3.63, 3.8) is 0 Å². The number of aromatic nitrogens is 1. The molecule has 0 aliphatic rings. The van der Waals surface area contributed by atoms with Gasteiger partial charge in [0.15, 0.2) is 5.82 Å². The largest absolute Gasteiger partial charge is 0.416 e. The number of benzene rings is 1.